The van der Waals surface area contributed by atoms with Gasteiger partial charge in [-0.25, -0.2) is 4.68 Å². The Kier molecular flexibility index (Phi) is 4.88. The van der Waals surface area contributed by atoms with Crippen LogP contribution in [0.4, 0.5) is 5.69 Å². The topological polar surface area (TPSA) is 72.7 Å². The molecule has 128 valence electrons. The van der Waals surface area contributed by atoms with Crippen molar-refractivity contribution in [1.82, 2.24) is 20.2 Å². The van der Waals surface area contributed by atoms with Gasteiger partial charge < -0.3 is 5.32 Å². The van der Waals surface area contributed by atoms with Crippen molar-refractivity contribution in [1.29, 1.82) is 0 Å². The molecule has 0 aliphatic rings. The maximum atomic E-state index is 12.5. The average Bonchev–Trinajstić information content (AvgIpc) is 3.05. The minimum atomic E-state index is -0.148. The van der Waals surface area contributed by atoms with Gasteiger partial charge in [0.05, 0.1) is 0 Å². The number of carbonyl (C=O) groups is 1. The van der Waals surface area contributed by atoms with E-state index in [1.165, 1.54) is 4.68 Å². The summed E-state index contributed by atoms with van der Waals surface area (Å²) in [5.74, 6) is 0.431. The number of anilines is 1. The third-order valence-electron chi connectivity index (χ3n) is 4.14. The zero-order chi connectivity index (χ0) is 17.8. The lowest BCUT2D eigenvalue weighted by Gasteiger charge is -2.13. The summed E-state index contributed by atoms with van der Waals surface area (Å²) >= 11 is 0. The van der Waals surface area contributed by atoms with E-state index >= 15 is 0 Å². The zero-order valence-corrected chi connectivity index (χ0v) is 14.7. The molecule has 1 heterocycles. The second kappa shape index (κ2) is 7.25. The standard InChI is InChI=1S/C19H21N5O/c1-4-15-7-5-6-14(3)18(15)20-17(25)12-24-19(21-22-23-24)16-10-8-13(2)9-11-16/h5-11H,4,12H2,1-3H3,(H,20,25). The van der Waals surface area contributed by atoms with Gasteiger partial charge in [0.25, 0.3) is 0 Å². The molecule has 0 radical (unpaired) electrons. The first kappa shape index (κ1) is 16.8. The molecule has 0 unspecified atom stereocenters. The summed E-state index contributed by atoms with van der Waals surface area (Å²) in [7, 11) is 0. The van der Waals surface area contributed by atoms with E-state index in [0.717, 1.165) is 34.4 Å². The monoisotopic (exact) mass is 335 g/mol. The second-order valence-electron chi connectivity index (χ2n) is 6.04. The molecule has 0 fully saturated rings. The van der Waals surface area contributed by atoms with Gasteiger partial charge in [0.1, 0.15) is 6.54 Å². The Labute approximate surface area is 146 Å². The van der Waals surface area contributed by atoms with Crippen molar-refractivity contribution in [2.45, 2.75) is 33.7 Å². The molecular formula is C19H21N5O. The molecule has 1 N–H and O–H groups in total. The Bertz CT molecular complexity index is 883. The third kappa shape index (κ3) is 3.74. The number of nitrogens with zero attached hydrogens (tertiary/aromatic N) is 4. The normalized spacial score (nSPS) is 10.7. The Morgan fingerprint density at radius 3 is 2.60 bits per heavy atom. The maximum Gasteiger partial charge on any atom is 0.246 e. The van der Waals surface area contributed by atoms with Gasteiger partial charge in [0, 0.05) is 11.3 Å². The number of hydrogen-bond acceptors (Lipinski definition) is 4. The molecule has 0 bridgehead atoms. The van der Waals surface area contributed by atoms with Crippen LogP contribution in [-0.4, -0.2) is 26.1 Å². The lowest BCUT2D eigenvalue weighted by atomic mass is 10.1. The lowest BCUT2D eigenvalue weighted by molar-refractivity contribution is -0.116. The summed E-state index contributed by atoms with van der Waals surface area (Å²) in [4.78, 5) is 12.5. The van der Waals surface area contributed by atoms with E-state index in [-0.39, 0.29) is 12.5 Å². The number of rotatable bonds is 5. The summed E-state index contributed by atoms with van der Waals surface area (Å²) in [6.45, 7) is 6.15. The van der Waals surface area contributed by atoms with Crippen molar-refractivity contribution in [3.63, 3.8) is 0 Å². The van der Waals surface area contributed by atoms with Crippen molar-refractivity contribution in [2.24, 2.45) is 0 Å². The van der Waals surface area contributed by atoms with Gasteiger partial charge in [-0.3, -0.25) is 4.79 Å². The van der Waals surface area contributed by atoms with Crippen LogP contribution in [0.5, 0.6) is 0 Å². The minimum Gasteiger partial charge on any atom is -0.324 e. The molecule has 3 rings (SSSR count). The van der Waals surface area contributed by atoms with Crippen molar-refractivity contribution >= 4 is 11.6 Å². The molecule has 0 spiro atoms. The first-order valence-electron chi connectivity index (χ1n) is 8.30. The number of nitrogens with one attached hydrogen (secondary N) is 1. The fraction of sp³-hybridized carbons (Fsp3) is 0.263. The average molecular weight is 335 g/mol. The molecule has 3 aromatic rings. The largest absolute Gasteiger partial charge is 0.324 e. The van der Waals surface area contributed by atoms with Gasteiger partial charge in [-0.1, -0.05) is 55.0 Å². The van der Waals surface area contributed by atoms with Gasteiger partial charge in [0.2, 0.25) is 5.91 Å². The maximum absolute atomic E-state index is 12.5. The lowest BCUT2D eigenvalue weighted by Crippen LogP contribution is -2.21. The van der Waals surface area contributed by atoms with Gasteiger partial charge >= 0.3 is 0 Å². The quantitative estimate of drug-likeness (QED) is 0.777. The van der Waals surface area contributed by atoms with Crippen LogP contribution in [0.15, 0.2) is 42.5 Å². The van der Waals surface area contributed by atoms with Gasteiger partial charge in [-0.05, 0) is 41.8 Å². The van der Waals surface area contributed by atoms with Gasteiger partial charge in [-0.2, -0.15) is 0 Å². The molecule has 1 aromatic heterocycles. The predicted octanol–water partition coefficient (Wildman–Crippen LogP) is 3.16. The molecule has 0 aliphatic heterocycles. The Balaban J connectivity index is 1.79. The van der Waals surface area contributed by atoms with Crippen molar-refractivity contribution in [3.05, 3.63) is 59.2 Å². The summed E-state index contributed by atoms with van der Waals surface area (Å²) in [5.41, 5.74) is 5.08. The van der Waals surface area contributed by atoms with Crippen molar-refractivity contribution in [3.8, 4) is 11.4 Å². The van der Waals surface area contributed by atoms with E-state index in [0.29, 0.717) is 5.82 Å². The van der Waals surface area contributed by atoms with Crippen molar-refractivity contribution in [2.75, 3.05) is 5.32 Å². The van der Waals surface area contributed by atoms with Crippen LogP contribution in [0.1, 0.15) is 23.6 Å². The zero-order valence-electron chi connectivity index (χ0n) is 14.7. The molecule has 0 aliphatic carbocycles. The summed E-state index contributed by atoms with van der Waals surface area (Å²) < 4.78 is 1.52. The molecule has 6 nitrogen and oxygen atoms in total. The van der Waals surface area contributed by atoms with Crippen LogP contribution < -0.4 is 5.32 Å². The van der Waals surface area contributed by atoms with E-state index in [4.69, 9.17) is 0 Å². The SMILES string of the molecule is CCc1cccc(C)c1NC(=O)Cn1nnnc1-c1ccc(C)cc1. The highest BCUT2D eigenvalue weighted by Crippen LogP contribution is 2.21. The smallest absolute Gasteiger partial charge is 0.246 e. The molecule has 0 saturated carbocycles. The Hall–Kier alpha value is -3.02. The van der Waals surface area contributed by atoms with Crippen LogP contribution in [0.25, 0.3) is 11.4 Å². The number of aromatic nitrogens is 4. The second-order valence-corrected chi connectivity index (χ2v) is 6.04. The van der Waals surface area contributed by atoms with Crippen LogP contribution in [-0.2, 0) is 17.8 Å². The Morgan fingerprint density at radius 2 is 1.88 bits per heavy atom. The van der Waals surface area contributed by atoms with Gasteiger partial charge in [0.15, 0.2) is 5.82 Å². The number of amides is 1. The number of para-hydroxylation sites is 1. The van der Waals surface area contributed by atoms with E-state index in [9.17, 15) is 4.79 Å². The van der Waals surface area contributed by atoms with Crippen LogP contribution >= 0.6 is 0 Å². The van der Waals surface area contributed by atoms with Crippen molar-refractivity contribution < 1.29 is 4.79 Å². The summed E-state index contributed by atoms with van der Waals surface area (Å²) in [5, 5.41) is 14.7. The molecular weight excluding hydrogens is 314 g/mol. The summed E-state index contributed by atoms with van der Waals surface area (Å²) in [6, 6.07) is 13.9. The Morgan fingerprint density at radius 1 is 1.12 bits per heavy atom. The van der Waals surface area contributed by atoms with Crippen LogP contribution in [0, 0.1) is 13.8 Å². The minimum absolute atomic E-state index is 0.0632. The highest BCUT2D eigenvalue weighted by atomic mass is 16.2. The molecule has 6 heteroatoms. The van der Waals surface area contributed by atoms with Gasteiger partial charge in [-0.15, -0.1) is 5.10 Å². The van der Waals surface area contributed by atoms with E-state index in [1.807, 2.05) is 56.3 Å². The van der Waals surface area contributed by atoms with E-state index in [2.05, 4.69) is 27.8 Å². The molecule has 0 atom stereocenters. The summed E-state index contributed by atoms with van der Waals surface area (Å²) in [6.07, 6.45) is 0.858. The molecule has 2 aromatic carbocycles. The van der Waals surface area contributed by atoms with Crippen LogP contribution in [0.2, 0.25) is 0 Å². The predicted molar refractivity (Wildman–Crippen MR) is 97.2 cm³/mol. The first-order valence-corrected chi connectivity index (χ1v) is 8.30. The molecule has 1 amide bonds. The number of carbonyl (C=O) groups excluding carboxylic acids is 1. The van der Waals surface area contributed by atoms with E-state index in [1.54, 1.807) is 0 Å². The fourth-order valence-electron chi connectivity index (χ4n) is 2.74. The molecule has 25 heavy (non-hydrogen) atoms. The number of hydrogen-bond donors (Lipinski definition) is 1. The number of aryl methyl sites for hydroxylation is 3. The van der Waals surface area contributed by atoms with E-state index < -0.39 is 0 Å². The number of tetrazole rings is 1. The highest BCUT2D eigenvalue weighted by molar-refractivity contribution is 5.92. The number of benzene rings is 2. The third-order valence-corrected chi connectivity index (χ3v) is 4.14. The van der Waals surface area contributed by atoms with Crippen LogP contribution in [0.3, 0.4) is 0 Å². The molecule has 0 saturated heterocycles. The fourth-order valence-corrected chi connectivity index (χ4v) is 2.74. The first-order chi connectivity index (χ1) is 12.1. The highest BCUT2D eigenvalue weighted by Gasteiger charge is 2.14.